The molecule has 0 aliphatic carbocycles. The van der Waals surface area contributed by atoms with Crippen LogP contribution in [0.3, 0.4) is 0 Å². The number of unbranched alkanes of at least 4 members (excludes halogenated alkanes) is 1. The van der Waals surface area contributed by atoms with Crippen molar-refractivity contribution in [2.45, 2.75) is 45.2 Å². The van der Waals surface area contributed by atoms with Crippen LogP contribution in [0.2, 0.25) is 0 Å². The van der Waals surface area contributed by atoms with Gasteiger partial charge in [-0.25, -0.2) is 4.79 Å². The quantitative estimate of drug-likeness (QED) is 0.524. The second-order valence-corrected chi connectivity index (χ2v) is 5.47. The van der Waals surface area contributed by atoms with Gasteiger partial charge in [-0.1, -0.05) is 13.8 Å². The maximum Gasteiger partial charge on any atom is 0.326 e. The molecule has 6 heteroatoms. The van der Waals surface area contributed by atoms with Crippen molar-refractivity contribution >= 4 is 11.9 Å². The van der Waals surface area contributed by atoms with E-state index in [9.17, 15) is 9.59 Å². The maximum atomic E-state index is 11.7. The predicted molar refractivity (Wildman–Crippen MR) is 74.8 cm³/mol. The summed E-state index contributed by atoms with van der Waals surface area (Å²) in [5.74, 6) is -1.41. The second kappa shape index (κ2) is 8.87. The molecule has 0 saturated heterocycles. The molecule has 1 amide bonds. The molecular formula is C13H27N3O3. The lowest BCUT2D eigenvalue weighted by atomic mass is 10.0. The third kappa shape index (κ3) is 7.79. The smallest absolute Gasteiger partial charge is 0.326 e. The van der Waals surface area contributed by atoms with Crippen LogP contribution in [-0.2, 0) is 9.59 Å². The molecule has 0 saturated carbocycles. The average molecular weight is 273 g/mol. The van der Waals surface area contributed by atoms with Gasteiger partial charge in [0, 0.05) is 0 Å². The molecule has 0 rings (SSSR count). The third-order valence-electron chi connectivity index (χ3n) is 2.98. The molecule has 0 fully saturated rings. The fraction of sp³-hybridized carbons (Fsp3) is 0.846. The molecule has 0 aromatic carbocycles. The predicted octanol–water partition coefficient (Wildman–Crippen LogP) is 0.271. The van der Waals surface area contributed by atoms with E-state index >= 15 is 0 Å². The topological polar surface area (TPSA) is 95.7 Å². The minimum Gasteiger partial charge on any atom is -0.480 e. The highest BCUT2D eigenvalue weighted by Crippen LogP contribution is 2.04. The summed E-state index contributed by atoms with van der Waals surface area (Å²) in [7, 11) is 3.94. The van der Waals surface area contributed by atoms with Gasteiger partial charge in [0.2, 0.25) is 5.91 Å². The molecule has 2 atom stereocenters. The number of aliphatic carboxylic acids is 1. The number of amides is 1. The first-order valence-corrected chi connectivity index (χ1v) is 6.69. The number of nitrogens with two attached hydrogens (primary N) is 1. The molecule has 0 radical (unpaired) electrons. The number of nitrogens with zero attached hydrogens (tertiary/aromatic N) is 1. The number of nitrogens with one attached hydrogen (secondary N) is 1. The standard InChI is InChI=1S/C13H27N3O3/c1-9(2)11(14)12(17)15-10(13(18)19)7-5-6-8-16(3)4/h9-11H,5-8,14H2,1-4H3,(H,15,17)(H,18,19)/t10-,11-/m0/s1. The largest absolute Gasteiger partial charge is 0.480 e. The van der Waals surface area contributed by atoms with Crippen LogP contribution in [0.4, 0.5) is 0 Å². The van der Waals surface area contributed by atoms with Crippen LogP contribution in [0.1, 0.15) is 33.1 Å². The summed E-state index contributed by atoms with van der Waals surface area (Å²) in [6.45, 7) is 4.57. The van der Waals surface area contributed by atoms with Crippen LogP contribution < -0.4 is 11.1 Å². The molecule has 0 heterocycles. The van der Waals surface area contributed by atoms with Crippen molar-refractivity contribution in [3.05, 3.63) is 0 Å². The van der Waals surface area contributed by atoms with Gasteiger partial charge in [-0.2, -0.15) is 0 Å². The summed E-state index contributed by atoms with van der Waals surface area (Å²) in [5, 5.41) is 11.6. The Hall–Kier alpha value is -1.14. The number of carboxylic acid groups (broad SMARTS) is 1. The molecule has 0 unspecified atom stereocenters. The Kier molecular flexibility index (Phi) is 8.34. The van der Waals surface area contributed by atoms with Gasteiger partial charge < -0.3 is 21.1 Å². The van der Waals surface area contributed by atoms with Gasteiger partial charge in [0.1, 0.15) is 6.04 Å². The van der Waals surface area contributed by atoms with Crippen LogP contribution in [0.5, 0.6) is 0 Å². The van der Waals surface area contributed by atoms with E-state index in [1.54, 1.807) is 0 Å². The van der Waals surface area contributed by atoms with E-state index in [4.69, 9.17) is 10.8 Å². The van der Waals surface area contributed by atoms with Gasteiger partial charge in [0.15, 0.2) is 0 Å². The molecule has 0 aromatic rings. The monoisotopic (exact) mass is 273 g/mol. The number of carbonyl (C=O) groups excluding carboxylic acids is 1. The number of hydrogen-bond acceptors (Lipinski definition) is 4. The first kappa shape index (κ1) is 17.9. The van der Waals surface area contributed by atoms with Gasteiger partial charge in [0.05, 0.1) is 6.04 Å². The van der Waals surface area contributed by atoms with E-state index in [0.29, 0.717) is 6.42 Å². The van der Waals surface area contributed by atoms with E-state index < -0.39 is 24.0 Å². The zero-order chi connectivity index (χ0) is 15.0. The van der Waals surface area contributed by atoms with Crippen LogP contribution in [-0.4, -0.2) is 54.6 Å². The zero-order valence-electron chi connectivity index (χ0n) is 12.3. The summed E-state index contributed by atoms with van der Waals surface area (Å²) in [5.41, 5.74) is 5.69. The van der Waals surface area contributed by atoms with Crippen molar-refractivity contribution in [3.8, 4) is 0 Å². The van der Waals surface area contributed by atoms with Crippen LogP contribution in [0.15, 0.2) is 0 Å². The summed E-state index contributed by atoms with van der Waals surface area (Å²) in [4.78, 5) is 24.9. The fourth-order valence-corrected chi connectivity index (χ4v) is 1.60. The Morgan fingerprint density at radius 2 is 1.84 bits per heavy atom. The minimum atomic E-state index is -1.01. The number of rotatable bonds is 9. The fourth-order valence-electron chi connectivity index (χ4n) is 1.60. The van der Waals surface area contributed by atoms with E-state index in [1.165, 1.54) is 0 Å². The molecule has 112 valence electrons. The lowest BCUT2D eigenvalue weighted by Crippen LogP contribution is -2.50. The Morgan fingerprint density at radius 3 is 2.26 bits per heavy atom. The SMILES string of the molecule is CC(C)[C@H](N)C(=O)N[C@@H](CCCCN(C)C)C(=O)O. The van der Waals surface area contributed by atoms with Crippen molar-refractivity contribution in [3.63, 3.8) is 0 Å². The lowest BCUT2D eigenvalue weighted by molar-refractivity contribution is -0.142. The average Bonchev–Trinajstić information content (AvgIpc) is 2.30. The third-order valence-corrected chi connectivity index (χ3v) is 2.98. The Labute approximate surface area is 115 Å². The number of carbonyl (C=O) groups is 2. The molecule has 19 heavy (non-hydrogen) atoms. The molecule has 0 aliphatic rings. The number of hydrogen-bond donors (Lipinski definition) is 3. The molecule has 0 aromatic heterocycles. The normalized spacial score (nSPS) is 14.5. The van der Waals surface area contributed by atoms with E-state index in [0.717, 1.165) is 19.4 Å². The Balaban J connectivity index is 4.19. The molecule has 0 bridgehead atoms. The zero-order valence-corrected chi connectivity index (χ0v) is 12.3. The summed E-state index contributed by atoms with van der Waals surface area (Å²) in [6.07, 6.45) is 2.09. The minimum absolute atomic E-state index is 0.0109. The number of carboxylic acids is 1. The van der Waals surface area contributed by atoms with Crippen molar-refractivity contribution in [1.29, 1.82) is 0 Å². The summed E-state index contributed by atoms with van der Waals surface area (Å²) >= 11 is 0. The molecule has 4 N–H and O–H groups in total. The lowest BCUT2D eigenvalue weighted by Gasteiger charge is -2.20. The van der Waals surface area contributed by atoms with Crippen LogP contribution in [0.25, 0.3) is 0 Å². The summed E-state index contributed by atoms with van der Waals surface area (Å²) in [6, 6.07) is -1.51. The van der Waals surface area contributed by atoms with E-state index in [2.05, 4.69) is 5.32 Å². The van der Waals surface area contributed by atoms with Gasteiger partial charge in [-0.3, -0.25) is 4.79 Å². The van der Waals surface area contributed by atoms with E-state index in [1.807, 2.05) is 32.8 Å². The first-order chi connectivity index (χ1) is 8.75. The maximum absolute atomic E-state index is 11.7. The Bertz CT molecular complexity index is 293. The van der Waals surface area contributed by atoms with Gasteiger partial charge in [-0.05, 0) is 45.8 Å². The highest BCUT2D eigenvalue weighted by Gasteiger charge is 2.24. The van der Waals surface area contributed by atoms with Gasteiger partial charge in [0.25, 0.3) is 0 Å². The highest BCUT2D eigenvalue weighted by molar-refractivity contribution is 5.86. The van der Waals surface area contributed by atoms with Gasteiger partial charge >= 0.3 is 5.97 Å². The Morgan fingerprint density at radius 1 is 1.26 bits per heavy atom. The molecule has 0 aliphatic heterocycles. The molecule has 6 nitrogen and oxygen atoms in total. The van der Waals surface area contributed by atoms with Crippen LogP contribution >= 0.6 is 0 Å². The van der Waals surface area contributed by atoms with Gasteiger partial charge in [-0.15, -0.1) is 0 Å². The van der Waals surface area contributed by atoms with Crippen molar-refractivity contribution in [2.24, 2.45) is 11.7 Å². The van der Waals surface area contributed by atoms with E-state index in [-0.39, 0.29) is 5.92 Å². The first-order valence-electron chi connectivity index (χ1n) is 6.69. The molecule has 0 spiro atoms. The summed E-state index contributed by atoms with van der Waals surface area (Å²) < 4.78 is 0. The van der Waals surface area contributed by atoms with Crippen molar-refractivity contribution in [2.75, 3.05) is 20.6 Å². The highest BCUT2D eigenvalue weighted by atomic mass is 16.4. The van der Waals surface area contributed by atoms with Crippen LogP contribution in [0, 0.1) is 5.92 Å². The van der Waals surface area contributed by atoms with Crippen molar-refractivity contribution in [1.82, 2.24) is 10.2 Å². The molecular weight excluding hydrogens is 246 g/mol. The second-order valence-electron chi connectivity index (χ2n) is 5.47. The van der Waals surface area contributed by atoms with Crippen molar-refractivity contribution < 1.29 is 14.7 Å².